The normalized spacial score (nSPS) is 29.1. The van der Waals surface area contributed by atoms with Gasteiger partial charge in [0.1, 0.15) is 0 Å². The zero-order valence-electron chi connectivity index (χ0n) is 16.0. The molecule has 0 bridgehead atoms. The first-order valence-electron chi connectivity index (χ1n) is 9.22. The SMILES string of the molecule is COC(=O)C1(c2ccccc2)NC(c2ccccc2C)C2C(=O)N(C)C(=O)C21. The summed E-state index contributed by atoms with van der Waals surface area (Å²) in [6.07, 6.45) is 0. The van der Waals surface area contributed by atoms with Crippen molar-refractivity contribution in [1.82, 2.24) is 10.2 Å². The molecule has 1 N–H and O–H groups in total. The van der Waals surface area contributed by atoms with E-state index in [1.54, 1.807) is 12.1 Å². The fourth-order valence-corrected chi connectivity index (χ4v) is 4.69. The molecular formula is C22H22N2O4. The molecule has 6 heteroatoms. The third-order valence-corrected chi connectivity index (χ3v) is 6.04. The summed E-state index contributed by atoms with van der Waals surface area (Å²) in [5.74, 6) is -2.77. The maximum absolute atomic E-state index is 13.1. The molecule has 4 rings (SSSR count). The van der Waals surface area contributed by atoms with Gasteiger partial charge in [-0.05, 0) is 23.6 Å². The van der Waals surface area contributed by atoms with Crippen LogP contribution in [-0.2, 0) is 24.7 Å². The average Bonchev–Trinajstić information content (AvgIpc) is 3.19. The third-order valence-electron chi connectivity index (χ3n) is 6.04. The van der Waals surface area contributed by atoms with Crippen molar-refractivity contribution in [3.63, 3.8) is 0 Å². The summed E-state index contributed by atoms with van der Waals surface area (Å²) in [7, 11) is 2.78. The van der Waals surface area contributed by atoms with E-state index in [2.05, 4.69) is 5.32 Å². The Balaban J connectivity index is 1.97. The van der Waals surface area contributed by atoms with Crippen LogP contribution in [0, 0.1) is 18.8 Å². The highest BCUT2D eigenvalue weighted by Gasteiger charge is 2.69. The number of ether oxygens (including phenoxy) is 1. The summed E-state index contributed by atoms with van der Waals surface area (Å²) in [4.78, 5) is 40.4. The first-order chi connectivity index (χ1) is 13.4. The van der Waals surface area contributed by atoms with Gasteiger partial charge in [0.15, 0.2) is 5.54 Å². The van der Waals surface area contributed by atoms with Crippen molar-refractivity contribution >= 4 is 17.8 Å². The largest absolute Gasteiger partial charge is 0.467 e. The van der Waals surface area contributed by atoms with E-state index in [1.165, 1.54) is 14.2 Å². The lowest BCUT2D eigenvalue weighted by atomic mass is 9.75. The van der Waals surface area contributed by atoms with Gasteiger partial charge >= 0.3 is 5.97 Å². The van der Waals surface area contributed by atoms with E-state index in [4.69, 9.17) is 4.74 Å². The quantitative estimate of drug-likeness (QED) is 0.653. The second-order valence-electron chi connectivity index (χ2n) is 7.38. The van der Waals surface area contributed by atoms with Crippen LogP contribution < -0.4 is 5.32 Å². The van der Waals surface area contributed by atoms with E-state index in [0.29, 0.717) is 5.56 Å². The number of nitrogens with one attached hydrogen (secondary N) is 1. The summed E-state index contributed by atoms with van der Waals surface area (Å²) < 4.78 is 5.15. The Morgan fingerprint density at radius 1 is 1.04 bits per heavy atom. The van der Waals surface area contributed by atoms with Crippen LogP contribution in [0.2, 0.25) is 0 Å². The van der Waals surface area contributed by atoms with Gasteiger partial charge in [-0.25, -0.2) is 4.79 Å². The molecule has 4 atom stereocenters. The van der Waals surface area contributed by atoms with Crippen molar-refractivity contribution in [2.75, 3.05) is 14.2 Å². The fraction of sp³-hybridized carbons (Fsp3) is 0.318. The molecule has 28 heavy (non-hydrogen) atoms. The number of fused-ring (bicyclic) bond motifs is 1. The molecule has 2 heterocycles. The summed E-state index contributed by atoms with van der Waals surface area (Å²) >= 11 is 0. The number of rotatable bonds is 3. The minimum Gasteiger partial charge on any atom is -0.467 e. The second kappa shape index (κ2) is 6.56. The van der Waals surface area contributed by atoms with E-state index in [9.17, 15) is 14.4 Å². The van der Waals surface area contributed by atoms with Gasteiger partial charge in [-0.2, -0.15) is 0 Å². The lowest BCUT2D eigenvalue weighted by Crippen LogP contribution is -2.53. The number of hydrogen-bond acceptors (Lipinski definition) is 5. The van der Waals surface area contributed by atoms with Gasteiger partial charge in [0, 0.05) is 13.1 Å². The highest BCUT2D eigenvalue weighted by molar-refractivity contribution is 6.09. The smallest absolute Gasteiger partial charge is 0.331 e. The minimum absolute atomic E-state index is 0.280. The van der Waals surface area contributed by atoms with Crippen LogP contribution in [0.1, 0.15) is 22.7 Å². The molecule has 2 aromatic carbocycles. The molecule has 2 aliphatic rings. The lowest BCUT2D eigenvalue weighted by molar-refractivity contribution is -0.154. The molecule has 2 aromatic rings. The topological polar surface area (TPSA) is 75.7 Å². The Morgan fingerprint density at radius 3 is 2.32 bits per heavy atom. The number of carbonyl (C=O) groups is 3. The molecule has 2 amide bonds. The Labute approximate surface area is 163 Å². The lowest BCUT2D eigenvalue weighted by Gasteiger charge is -2.32. The van der Waals surface area contributed by atoms with Gasteiger partial charge in [-0.3, -0.25) is 19.8 Å². The number of amides is 2. The minimum atomic E-state index is -1.43. The number of nitrogens with zero attached hydrogens (tertiary/aromatic N) is 1. The molecule has 6 nitrogen and oxygen atoms in total. The van der Waals surface area contributed by atoms with E-state index in [0.717, 1.165) is 16.0 Å². The Morgan fingerprint density at radius 2 is 1.68 bits per heavy atom. The number of benzene rings is 2. The summed E-state index contributed by atoms with van der Waals surface area (Å²) in [6, 6.07) is 16.3. The van der Waals surface area contributed by atoms with Gasteiger partial charge in [0.05, 0.1) is 18.9 Å². The molecule has 0 aromatic heterocycles. The van der Waals surface area contributed by atoms with Crippen LogP contribution in [0.3, 0.4) is 0 Å². The molecule has 0 spiro atoms. The standard InChI is InChI=1S/C22H22N2O4/c1-13-9-7-8-12-15(13)18-16-17(20(26)24(2)19(16)25)22(23-18,21(27)28-3)14-10-5-4-6-11-14/h4-12,16-18,23H,1-3H3. The maximum atomic E-state index is 13.1. The van der Waals surface area contributed by atoms with Crippen LogP contribution in [0.5, 0.6) is 0 Å². The molecule has 0 saturated carbocycles. The average molecular weight is 378 g/mol. The second-order valence-corrected chi connectivity index (χ2v) is 7.38. The zero-order valence-corrected chi connectivity index (χ0v) is 16.0. The molecule has 4 unspecified atom stereocenters. The predicted octanol–water partition coefficient (Wildman–Crippen LogP) is 1.94. The molecule has 2 saturated heterocycles. The summed E-state index contributed by atoms with van der Waals surface area (Å²) in [5.41, 5.74) is 1.08. The number of hydrogen-bond donors (Lipinski definition) is 1. The molecule has 0 aliphatic carbocycles. The molecule has 0 radical (unpaired) electrons. The number of esters is 1. The highest BCUT2D eigenvalue weighted by atomic mass is 16.5. The van der Waals surface area contributed by atoms with E-state index in [1.807, 2.05) is 49.4 Å². The molecule has 144 valence electrons. The fourth-order valence-electron chi connectivity index (χ4n) is 4.69. The molecule has 2 fully saturated rings. The summed E-state index contributed by atoms with van der Waals surface area (Å²) in [6.45, 7) is 1.96. The highest BCUT2D eigenvalue weighted by Crippen LogP contribution is 2.53. The number of aryl methyl sites for hydroxylation is 1. The zero-order chi connectivity index (χ0) is 20.1. The number of methoxy groups -OCH3 is 1. The molecule has 2 aliphatic heterocycles. The Kier molecular flexibility index (Phi) is 4.31. The number of imide groups is 1. The molecular weight excluding hydrogens is 356 g/mol. The maximum Gasteiger partial charge on any atom is 0.331 e. The van der Waals surface area contributed by atoms with Crippen LogP contribution in [0.15, 0.2) is 54.6 Å². The predicted molar refractivity (Wildman–Crippen MR) is 102 cm³/mol. The van der Waals surface area contributed by atoms with Crippen LogP contribution in [0.4, 0.5) is 0 Å². The van der Waals surface area contributed by atoms with E-state index >= 15 is 0 Å². The monoisotopic (exact) mass is 378 g/mol. The van der Waals surface area contributed by atoms with Gasteiger partial charge in [0.25, 0.3) is 0 Å². The van der Waals surface area contributed by atoms with Crippen LogP contribution in [0.25, 0.3) is 0 Å². The Bertz CT molecular complexity index is 958. The van der Waals surface area contributed by atoms with Crippen LogP contribution in [-0.4, -0.2) is 36.8 Å². The van der Waals surface area contributed by atoms with Crippen molar-refractivity contribution in [1.29, 1.82) is 0 Å². The summed E-state index contributed by atoms with van der Waals surface area (Å²) in [5, 5.41) is 3.37. The van der Waals surface area contributed by atoms with Gasteiger partial charge in [0.2, 0.25) is 11.8 Å². The van der Waals surface area contributed by atoms with Gasteiger partial charge in [-0.1, -0.05) is 54.6 Å². The number of carbonyl (C=O) groups excluding carboxylic acids is 3. The van der Waals surface area contributed by atoms with E-state index < -0.39 is 29.4 Å². The van der Waals surface area contributed by atoms with E-state index in [-0.39, 0.29) is 11.8 Å². The van der Waals surface area contributed by atoms with Gasteiger partial charge < -0.3 is 4.74 Å². The number of likely N-dealkylation sites (tertiary alicyclic amines) is 1. The van der Waals surface area contributed by atoms with Crippen molar-refractivity contribution < 1.29 is 19.1 Å². The third kappa shape index (κ3) is 2.34. The first kappa shape index (κ1) is 18.4. The van der Waals surface area contributed by atoms with Crippen molar-refractivity contribution in [2.24, 2.45) is 11.8 Å². The van der Waals surface area contributed by atoms with Crippen LogP contribution >= 0.6 is 0 Å². The first-order valence-corrected chi connectivity index (χ1v) is 9.22. The van der Waals surface area contributed by atoms with Crippen molar-refractivity contribution in [2.45, 2.75) is 18.5 Å². The van der Waals surface area contributed by atoms with Gasteiger partial charge in [-0.15, -0.1) is 0 Å². The van der Waals surface area contributed by atoms with Crippen molar-refractivity contribution in [3.8, 4) is 0 Å². The van der Waals surface area contributed by atoms with Crippen molar-refractivity contribution in [3.05, 3.63) is 71.3 Å². The Hall–Kier alpha value is -2.99.